The summed E-state index contributed by atoms with van der Waals surface area (Å²) in [5.41, 5.74) is 8.84. The molecule has 0 N–H and O–H groups in total. The van der Waals surface area contributed by atoms with Gasteiger partial charge in [-0.1, -0.05) is 109 Å². The summed E-state index contributed by atoms with van der Waals surface area (Å²) in [6.45, 7) is 0. The van der Waals surface area contributed by atoms with Gasteiger partial charge < -0.3 is 13.7 Å². The number of rotatable bonds is 4. The molecule has 0 radical (unpaired) electrons. The first-order valence-electron chi connectivity index (χ1n) is 15.9. The first kappa shape index (κ1) is 26.0. The second kappa shape index (κ2) is 10.1. The van der Waals surface area contributed by atoms with Gasteiger partial charge in [-0.25, -0.2) is 0 Å². The molecule has 0 amide bonds. The highest BCUT2D eigenvalue weighted by Gasteiger charge is 2.21. The summed E-state index contributed by atoms with van der Waals surface area (Å²) in [6.07, 6.45) is 0. The maximum Gasteiger partial charge on any atom is 0.159 e. The van der Waals surface area contributed by atoms with E-state index < -0.39 is 0 Å². The largest absolute Gasteiger partial charge is 0.456 e. The van der Waals surface area contributed by atoms with Crippen LogP contribution in [-0.2, 0) is 0 Å². The fourth-order valence-electron chi connectivity index (χ4n) is 7.18. The van der Waals surface area contributed by atoms with Crippen LogP contribution in [0.1, 0.15) is 0 Å². The summed E-state index contributed by atoms with van der Waals surface area (Å²) in [6, 6.07) is 57.9. The first-order valence-corrected chi connectivity index (χ1v) is 15.9. The van der Waals surface area contributed by atoms with Gasteiger partial charge in [0.05, 0.1) is 5.69 Å². The zero-order valence-electron chi connectivity index (χ0n) is 25.4. The lowest BCUT2D eigenvalue weighted by Gasteiger charge is -2.26. The normalized spacial score (nSPS) is 11.8. The van der Waals surface area contributed by atoms with Crippen LogP contribution in [0.4, 0.5) is 17.1 Å². The molecular weight excluding hydrogens is 574 g/mol. The molecule has 0 aliphatic rings. The highest BCUT2D eigenvalue weighted by atomic mass is 16.3. The lowest BCUT2D eigenvalue weighted by molar-refractivity contribution is 0.669. The van der Waals surface area contributed by atoms with E-state index in [1.807, 2.05) is 18.2 Å². The minimum atomic E-state index is 0.850. The average Bonchev–Trinajstić information content (AvgIpc) is 3.70. The zero-order valence-corrected chi connectivity index (χ0v) is 25.4. The van der Waals surface area contributed by atoms with E-state index in [9.17, 15) is 0 Å². The van der Waals surface area contributed by atoms with E-state index in [2.05, 4.69) is 150 Å². The summed E-state index contributed by atoms with van der Waals surface area (Å²) in [5.74, 6) is 0. The third-order valence-electron chi connectivity index (χ3n) is 9.43. The van der Waals surface area contributed by atoms with Crippen LogP contribution >= 0.6 is 0 Å². The fourth-order valence-corrected chi connectivity index (χ4v) is 7.18. The van der Waals surface area contributed by atoms with E-state index in [4.69, 9.17) is 8.83 Å². The highest BCUT2D eigenvalue weighted by molar-refractivity contribution is 6.13. The van der Waals surface area contributed by atoms with Crippen molar-refractivity contribution in [2.24, 2.45) is 0 Å². The molecule has 10 aromatic rings. The van der Waals surface area contributed by atoms with Crippen LogP contribution in [0.3, 0.4) is 0 Å². The van der Waals surface area contributed by atoms with Gasteiger partial charge in [0, 0.05) is 32.9 Å². The molecule has 0 aliphatic carbocycles. The van der Waals surface area contributed by atoms with Gasteiger partial charge in [0.15, 0.2) is 5.58 Å². The number of fused-ring (bicyclic) bond motifs is 9. The van der Waals surface area contributed by atoms with Crippen LogP contribution in [-0.4, -0.2) is 0 Å². The summed E-state index contributed by atoms with van der Waals surface area (Å²) >= 11 is 0. The van der Waals surface area contributed by atoms with Crippen LogP contribution < -0.4 is 4.90 Å². The number of nitrogens with zero attached hydrogens (tertiary/aromatic N) is 1. The van der Waals surface area contributed by atoms with Gasteiger partial charge in [0.1, 0.15) is 16.7 Å². The highest BCUT2D eigenvalue weighted by Crippen LogP contribution is 2.45. The van der Waals surface area contributed by atoms with E-state index in [-0.39, 0.29) is 0 Å². The molecule has 8 aromatic carbocycles. The van der Waals surface area contributed by atoms with E-state index >= 15 is 0 Å². The fraction of sp³-hybridized carbons (Fsp3) is 0. The van der Waals surface area contributed by atoms with E-state index in [1.54, 1.807) is 0 Å². The summed E-state index contributed by atoms with van der Waals surface area (Å²) in [4.78, 5) is 2.32. The molecule has 0 unspecified atom stereocenters. The number of furan rings is 2. The third kappa shape index (κ3) is 4.07. The Morgan fingerprint density at radius 2 is 1.00 bits per heavy atom. The number of hydrogen-bond donors (Lipinski definition) is 0. The lowest BCUT2D eigenvalue weighted by atomic mass is 10.0. The smallest absolute Gasteiger partial charge is 0.159 e. The van der Waals surface area contributed by atoms with Crippen molar-refractivity contribution < 1.29 is 8.83 Å². The topological polar surface area (TPSA) is 29.5 Å². The molecule has 220 valence electrons. The van der Waals surface area contributed by atoms with Crippen LogP contribution in [0.5, 0.6) is 0 Å². The summed E-state index contributed by atoms with van der Waals surface area (Å²) < 4.78 is 13.0. The van der Waals surface area contributed by atoms with Crippen LogP contribution in [0, 0.1) is 0 Å². The van der Waals surface area contributed by atoms with Crippen LogP contribution in [0.2, 0.25) is 0 Å². The number of anilines is 3. The Morgan fingerprint density at radius 1 is 0.340 bits per heavy atom. The Bertz CT molecular complexity index is 2810. The second-order valence-electron chi connectivity index (χ2n) is 12.1. The van der Waals surface area contributed by atoms with Crippen LogP contribution in [0.25, 0.3) is 76.5 Å². The molecule has 10 rings (SSSR count). The Kier molecular flexibility index (Phi) is 5.57. The van der Waals surface area contributed by atoms with Crippen molar-refractivity contribution in [1.29, 1.82) is 0 Å². The number of benzene rings is 8. The third-order valence-corrected chi connectivity index (χ3v) is 9.43. The van der Waals surface area contributed by atoms with E-state index in [1.165, 1.54) is 27.1 Å². The van der Waals surface area contributed by atoms with Gasteiger partial charge in [-0.05, 0) is 87.3 Å². The molecule has 0 aliphatic heterocycles. The van der Waals surface area contributed by atoms with Crippen molar-refractivity contribution in [3.8, 4) is 11.1 Å². The van der Waals surface area contributed by atoms with Crippen molar-refractivity contribution in [3.63, 3.8) is 0 Å². The van der Waals surface area contributed by atoms with Crippen molar-refractivity contribution in [1.82, 2.24) is 0 Å². The summed E-state index contributed by atoms with van der Waals surface area (Å²) in [5, 5.41) is 9.25. The first-order chi connectivity index (χ1) is 23.3. The SMILES string of the molecule is c1ccc(-c2ccc3c(c2)oc2c(N(c4ccc5ccc6ccccc6c5c4)c4ccc5oc6ccccc6c5c4)cccc23)cc1. The van der Waals surface area contributed by atoms with Gasteiger partial charge in [0.2, 0.25) is 0 Å². The second-order valence-corrected chi connectivity index (χ2v) is 12.1. The van der Waals surface area contributed by atoms with Crippen LogP contribution in [0.15, 0.2) is 173 Å². The van der Waals surface area contributed by atoms with Gasteiger partial charge in [-0.15, -0.1) is 0 Å². The molecule has 0 fully saturated rings. The lowest BCUT2D eigenvalue weighted by Crippen LogP contribution is -2.10. The quantitative estimate of drug-likeness (QED) is 0.188. The average molecular weight is 602 g/mol. The molecule has 0 bridgehead atoms. The van der Waals surface area contributed by atoms with Gasteiger partial charge in [-0.2, -0.15) is 0 Å². The monoisotopic (exact) mass is 601 g/mol. The van der Waals surface area contributed by atoms with Crippen molar-refractivity contribution in [2.75, 3.05) is 4.90 Å². The molecule has 3 nitrogen and oxygen atoms in total. The van der Waals surface area contributed by atoms with Gasteiger partial charge >= 0.3 is 0 Å². The molecule has 0 saturated heterocycles. The van der Waals surface area contributed by atoms with Gasteiger partial charge in [-0.3, -0.25) is 0 Å². The Labute approximate surface area is 270 Å². The molecule has 0 spiro atoms. The Balaban J connectivity index is 1.24. The maximum atomic E-state index is 6.81. The standard InChI is InChI=1S/C44H27NO2/c1-2-9-28(10-3-1)31-20-23-36-37-14-8-15-40(44(37)47-43(36)25-31)45(33-22-24-42-39(27-33)35-13-6-7-16-41(35)46-42)32-21-19-30-18-17-29-11-4-5-12-34(29)38(30)26-32/h1-27H. The van der Waals surface area contributed by atoms with E-state index in [0.29, 0.717) is 0 Å². The Morgan fingerprint density at radius 3 is 1.89 bits per heavy atom. The van der Waals surface area contributed by atoms with Crippen molar-refractivity contribution >= 4 is 82.5 Å². The Hall–Kier alpha value is -6.32. The minimum Gasteiger partial charge on any atom is -0.456 e. The van der Waals surface area contributed by atoms with Crippen molar-refractivity contribution in [2.45, 2.75) is 0 Å². The molecule has 3 heteroatoms. The molecule has 2 aromatic heterocycles. The summed E-state index contributed by atoms with van der Waals surface area (Å²) in [7, 11) is 0. The minimum absolute atomic E-state index is 0.850. The number of para-hydroxylation sites is 2. The van der Waals surface area contributed by atoms with Crippen molar-refractivity contribution in [3.05, 3.63) is 164 Å². The molecule has 47 heavy (non-hydrogen) atoms. The zero-order chi connectivity index (χ0) is 30.9. The predicted molar refractivity (Wildman–Crippen MR) is 196 cm³/mol. The maximum absolute atomic E-state index is 6.81. The predicted octanol–water partition coefficient (Wildman–Crippen LogP) is 12.9. The molecule has 2 heterocycles. The molecular formula is C44H27NO2. The molecule has 0 atom stereocenters. The number of hydrogen-bond acceptors (Lipinski definition) is 3. The molecule has 0 saturated carbocycles. The van der Waals surface area contributed by atoms with E-state index in [0.717, 1.165) is 66.5 Å². The van der Waals surface area contributed by atoms with Gasteiger partial charge in [0.25, 0.3) is 0 Å².